The summed E-state index contributed by atoms with van der Waals surface area (Å²) < 4.78 is 24.2. The van der Waals surface area contributed by atoms with Crippen molar-refractivity contribution in [2.45, 2.75) is 26.5 Å². The Balaban J connectivity index is 2.05. The van der Waals surface area contributed by atoms with Gasteiger partial charge in [0.25, 0.3) is 0 Å². The van der Waals surface area contributed by atoms with Crippen molar-refractivity contribution in [1.82, 2.24) is 10.5 Å². The molecule has 0 aliphatic rings. The van der Waals surface area contributed by atoms with Crippen LogP contribution < -0.4 is 10.1 Å². The van der Waals surface area contributed by atoms with Gasteiger partial charge in [-0.2, -0.15) is 0 Å². The molecule has 102 valence electrons. The molecule has 2 rings (SSSR count). The molecular weight excluding hydrogens is 247 g/mol. The first-order chi connectivity index (χ1) is 9.10. The van der Waals surface area contributed by atoms with Crippen molar-refractivity contribution in [2.75, 3.05) is 7.05 Å². The van der Waals surface area contributed by atoms with Crippen molar-refractivity contribution < 1.29 is 13.7 Å². The molecule has 1 atom stereocenters. The summed E-state index contributed by atoms with van der Waals surface area (Å²) in [6, 6.07) is 6.80. The number of nitrogens with one attached hydrogen (secondary N) is 1. The van der Waals surface area contributed by atoms with Crippen LogP contribution in [0, 0.1) is 12.7 Å². The number of halogens is 1. The van der Waals surface area contributed by atoms with Gasteiger partial charge in [-0.05, 0) is 38.6 Å². The lowest BCUT2D eigenvalue weighted by Crippen LogP contribution is -2.12. The van der Waals surface area contributed by atoms with Gasteiger partial charge in [0.1, 0.15) is 6.61 Å². The largest absolute Gasteiger partial charge is 0.482 e. The Hall–Kier alpha value is -1.88. The van der Waals surface area contributed by atoms with Gasteiger partial charge < -0.3 is 14.6 Å². The lowest BCUT2D eigenvalue weighted by molar-refractivity contribution is 0.240. The highest BCUT2D eigenvalue weighted by Crippen LogP contribution is 2.22. The van der Waals surface area contributed by atoms with Crippen LogP contribution in [-0.4, -0.2) is 12.2 Å². The first kappa shape index (κ1) is 13.5. The lowest BCUT2D eigenvalue weighted by atomic mass is 10.1. The molecule has 1 unspecified atom stereocenters. The van der Waals surface area contributed by atoms with Crippen LogP contribution in [0.1, 0.15) is 30.0 Å². The molecule has 5 heteroatoms. The van der Waals surface area contributed by atoms with Gasteiger partial charge in [-0.25, -0.2) is 4.39 Å². The average molecular weight is 264 g/mol. The Morgan fingerprint density at radius 3 is 2.79 bits per heavy atom. The van der Waals surface area contributed by atoms with Crippen molar-refractivity contribution in [3.8, 4) is 5.75 Å². The monoisotopic (exact) mass is 264 g/mol. The van der Waals surface area contributed by atoms with E-state index in [1.54, 1.807) is 12.1 Å². The molecule has 0 fully saturated rings. The normalized spacial score (nSPS) is 12.4. The number of aryl methyl sites for hydroxylation is 1. The summed E-state index contributed by atoms with van der Waals surface area (Å²) >= 11 is 0. The van der Waals surface area contributed by atoms with Gasteiger partial charge in [-0.1, -0.05) is 11.2 Å². The van der Waals surface area contributed by atoms with Crippen LogP contribution in [0.15, 0.2) is 28.8 Å². The molecule has 2 aromatic rings. The van der Waals surface area contributed by atoms with Gasteiger partial charge in [-0.15, -0.1) is 0 Å². The van der Waals surface area contributed by atoms with Crippen molar-refractivity contribution in [3.05, 3.63) is 47.1 Å². The molecule has 0 aliphatic carbocycles. The van der Waals surface area contributed by atoms with E-state index in [4.69, 9.17) is 9.26 Å². The molecular formula is C14H17FN2O2. The number of nitrogens with zero attached hydrogens (tertiary/aromatic N) is 1. The van der Waals surface area contributed by atoms with Gasteiger partial charge >= 0.3 is 0 Å². The Morgan fingerprint density at radius 1 is 1.42 bits per heavy atom. The zero-order valence-electron chi connectivity index (χ0n) is 11.2. The molecule has 0 amide bonds. The standard InChI is InChI=1S/C14H17FN2O2/c1-9-6-12(19-17-9)8-18-14-5-4-11(7-13(14)15)10(2)16-3/h4-7,10,16H,8H2,1-3H3. The Morgan fingerprint density at radius 2 is 2.21 bits per heavy atom. The van der Waals surface area contributed by atoms with Crippen molar-refractivity contribution >= 4 is 0 Å². The van der Waals surface area contributed by atoms with E-state index >= 15 is 0 Å². The smallest absolute Gasteiger partial charge is 0.174 e. The second-order valence-corrected chi connectivity index (χ2v) is 4.42. The van der Waals surface area contributed by atoms with Crippen LogP contribution in [-0.2, 0) is 6.61 Å². The molecule has 0 aliphatic heterocycles. The maximum atomic E-state index is 13.9. The van der Waals surface area contributed by atoms with Gasteiger partial charge in [0.15, 0.2) is 17.3 Å². The minimum atomic E-state index is -0.379. The number of hydrogen-bond acceptors (Lipinski definition) is 4. The van der Waals surface area contributed by atoms with Crippen LogP contribution in [0.2, 0.25) is 0 Å². The molecule has 1 aromatic heterocycles. The van der Waals surface area contributed by atoms with Crippen LogP contribution in [0.25, 0.3) is 0 Å². The third kappa shape index (κ3) is 3.32. The predicted octanol–water partition coefficient (Wildman–Crippen LogP) is 2.98. The third-order valence-corrected chi connectivity index (χ3v) is 2.94. The molecule has 0 saturated heterocycles. The zero-order chi connectivity index (χ0) is 13.8. The van der Waals surface area contributed by atoms with Crippen LogP contribution in [0.4, 0.5) is 4.39 Å². The van der Waals surface area contributed by atoms with E-state index < -0.39 is 0 Å². The van der Waals surface area contributed by atoms with Gasteiger partial charge in [-0.3, -0.25) is 0 Å². The quantitative estimate of drug-likeness (QED) is 0.901. The van der Waals surface area contributed by atoms with E-state index in [1.165, 1.54) is 6.07 Å². The topological polar surface area (TPSA) is 47.3 Å². The van der Waals surface area contributed by atoms with E-state index in [1.807, 2.05) is 27.0 Å². The number of benzene rings is 1. The second-order valence-electron chi connectivity index (χ2n) is 4.42. The number of aromatic nitrogens is 1. The average Bonchev–Trinajstić information content (AvgIpc) is 2.82. The van der Waals surface area contributed by atoms with Crippen LogP contribution in [0.5, 0.6) is 5.75 Å². The Bertz CT molecular complexity index is 554. The highest BCUT2D eigenvalue weighted by Gasteiger charge is 2.10. The summed E-state index contributed by atoms with van der Waals surface area (Å²) in [6.45, 7) is 3.95. The van der Waals surface area contributed by atoms with Crippen LogP contribution >= 0.6 is 0 Å². The van der Waals surface area contributed by atoms with Gasteiger partial charge in [0, 0.05) is 12.1 Å². The summed E-state index contributed by atoms with van der Waals surface area (Å²) in [5.41, 5.74) is 1.65. The molecule has 0 radical (unpaired) electrons. The van der Waals surface area contributed by atoms with Crippen molar-refractivity contribution in [3.63, 3.8) is 0 Å². The fourth-order valence-electron chi connectivity index (χ4n) is 1.70. The first-order valence-corrected chi connectivity index (χ1v) is 6.12. The third-order valence-electron chi connectivity index (χ3n) is 2.94. The summed E-state index contributed by atoms with van der Waals surface area (Å²) in [5.74, 6) is 0.404. The van der Waals surface area contributed by atoms with E-state index in [2.05, 4.69) is 10.5 Å². The minimum absolute atomic E-state index is 0.0977. The van der Waals surface area contributed by atoms with E-state index in [0.29, 0.717) is 5.76 Å². The first-order valence-electron chi connectivity index (χ1n) is 6.12. The summed E-state index contributed by atoms with van der Waals surface area (Å²) in [4.78, 5) is 0. The fourth-order valence-corrected chi connectivity index (χ4v) is 1.70. The number of hydrogen-bond donors (Lipinski definition) is 1. The van der Waals surface area contributed by atoms with Gasteiger partial charge in [0.05, 0.1) is 5.69 Å². The molecule has 1 N–H and O–H groups in total. The summed E-state index contributed by atoms with van der Waals surface area (Å²) in [5, 5.41) is 6.80. The molecule has 0 spiro atoms. The summed E-state index contributed by atoms with van der Waals surface area (Å²) in [7, 11) is 1.83. The number of rotatable bonds is 5. The Labute approximate surface area is 111 Å². The fraction of sp³-hybridized carbons (Fsp3) is 0.357. The molecule has 1 heterocycles. The zero-order valence-corrected chi connectivity index (χ0v) is 11.2. The van der Waals surface area contributed by atoms with E-state index in [0.717, 1.165) is 11.3 Å². The maximum absolute atomic E-state index is 13.9. The minimum Gasteiger partial charge on any atom is -0.482 e. The van der Waals surface area contributed by atoms with Crippen LogP contribution in [0.3, 0.4) is 0 Å². The van der Waals surface area contributed by atoms with E-state index in [-0.39, 0.29) is 24.2 Å². The molecule has 4 nitrogen and oxygen atoms in total. The lowest BCUT2D eigenvalue weighted by Gasteiger charge is -2.12. The molecule has 19 heavy (non-hydrogen) atoms. The molecule has 0 saturated carbocycles. The second kappa shape index (κ2) is 5.84. The Kier molecular flexibility index (Phi) is 4.16. The highest BCUT2D eigenvalue weighted by atomic mass is 19.1. The summed E-state index contributed by atoms with van der Waals surface area (Å²) in [6.07, 6.45) is 0. The SMILES string of the molecule is CNC(C)c1ccc(OCc2cc(C)no2)c(F)c1. The maximum Gasteiger partial charge on any atom is 0.174 e. The van der Waals surface area contributed by atoms with Crippen molar-refractivity contribution in [2.24, 2.45) is 0 Å². The molecule has 0 bridgehead atoms. The van der Waals surface area contributed by atoms with E-state index in [9.17, 15) is 4.39 Å². The van der Waals surface area contributed by atoms with Crippen molar-refractivity contribution in [1.29, 1.82) is 0 Å². The van der Waals surface area contributed by atoms with Gasteiger partial charge in [0.2, 0.25) is 0 Å². The molecule has 1 aromatic carbocycles. The predicted molar refractivity (Wildman–Crippen MR) is 69.4 cm³/mol. The highest BCUT2D eigenvalue weighted by molar-refractivity contribution is 5.31. The number of ether oxygens (including phenoxy) is 1.